The fourth-order valence-electron chi connectivity index (χ4n) is 2.47. The second-order valence-corrected chi connectivity index (χ2v) is 7.14. The van der Waals surface area contributed by atoms with Crippen molar-refractivity contribution >= 4 is 21.6 Å². The first-order valence-electron chi connectivity index (χ1n) is 6.92. The molecule has 22 heavy (non-hydrogen) atoms. The minimum absolute atomic E-state index is 0.104. The van der Waals surface area contributed by atoms with Gasteiger partial charge in [-0.15, -0.1) is 0 Å². The maximum absolute atomic E-state index is 12.5. The van der Waals surface area contributed by atoms with E-state index in [4.69, 9.17) is 0 Å². The normalized spacial score (nSPS) is 14.8. The Morgan fingerprint density at radius 2 is 1.95 bits per heavy atom. The van der Waals surface area contributed by atoms with Crippen LogP contribution in [0.25, 0.3) is 0 Å². The van der Waals surface area contributed by atoms with Gasteiger partial charge in [0.2, 0.25) is 0 Å². The molecule has 0 atom stereocenters. The number of carbonyl (C=O) groups excluding carboxylic acids is 1. The van der Waals surface area contributed by atoms with E-state index < -0.39 is 10.0 Å². The molecule has 1 aromatic carbocycles. The summed E-state index contributed by atoms with van der Waals surface area (Å²) in [6, 6.07) is 8.56. The molecular weight excluding hydrogens is 302 g/mol. The average Bonchev–Trinajstić information content (AvgIpc) is 2.88. The van der Waals surface area contributed by atoms with E-state index in [9.17, 15) is 13.2 Å². The summed E-state index contributed by atoms with van der Waals surface area (Å²) in [7, 11) is -2.00. The predicted molar refractivity (Wildman–Crippen MR) is 83.4 cm³/mol. The van der Waals surface area contributed by atoms with Crippen molar-refractivity contribution in [1.82, 2.24) is 9.47 Å². The van der Waals surface area contributed by atoms with E-state index in [0.717, 1.165) is 5.56 Å². The van der Waals surface area contributed by atoms with E-state index in [0.29, 0.717) is 24.5 Å². The van der Waals surface area contributed by atoms with Crippen molar-refractivity contribution in [2.24, 2.45) is 0 Å². The highest BCUT2D eigenvalue weighted by molar-refractivity contribution is 7.92. The van der Waals surface area contributed by atoms with Gasteiger partial charge in [-0.3, -0.25) is 9.52 Å². The Bertz CT molecular complexity index is 839. The number of likely N-dealkylation sites (N-methyl/N-ethyl adjacent to an activating group) is 1. The number of nitrogens with zero attached hydrogens (tertiary/aromatic N) is 2. The smallest absolute Gasteiger partial charge is 0.270 e. The molecule has 2 heterocycles. The predicted octanol–water partition coefficient (Wildman–Crippen LogP) is 1.68. The van der Waals surface area contributed by atoms with Crippen LogP contribution in [-0.4, -0.2) is 37.4 Å². The third-order valence-electron chi connectivity index (χ3n) is 3.69. The van der Waals surface area contributed by atoms with Crippen LogP contribution in [0.15, 0.2) is 41.4 Å². The Morgan fingerprint density at radius 3 is 2.68 bits per heavy atom. The van der Waals surface area contributed by atoms with E-state index in [1.54, 1.807) is 34.7 Å². The molecule has 0 aliphatic carbocycles. The van der Waals surface area contributed by atoms with Gasteiger partial charge in [0, 0.05) is 32.0 Å². The summed E-state index contributed by atoms with van der Waals surface area (Å²) in [6.07, 6.45) is 1.51. The highest BCUT2D eigenvalue weighted by Gasteiger charge is 2.26. The molecule has 0 saturated carbocycles. The Kier molecular flexibility index (Phi) is 3.44. The molecule has 7 heteroatoms. The Hall–Kier alpha value is -2.28. The summed E-state index contributed by atoms with van der Waals surface area (Å²) in [5.41, 5.74) is 1.87. The van der Waals surface area contributed by atoms with E-state index in [1.165, 1.54) is 12.3 Å². The molecule has 6 nitrogen and oxygen atoms in total. The van der Waals surface area contributed by atoms with Crippen LogP contribution >= 0.6 is 0 Å². The van der Waals surface area contributed by atoms with Crippen molar-refractivity contribution in [2.75, 3.05) is 18.3 Å². The molecule has 1 N–H and O–H groups in total. The van der Waals surface area contributed by atoms with Gasteiger partial charge in [0.1, 0.15) is 10.6 Å². The molecule has 0 unspecified atom stereocenters. The van der Waals surface area contributed by atoms with Gasteiger partial charge in [-0.25, -0.2) is 8.42 Å². The Labute approximate surface area is 129 Å². The number of benzene rings is 1. The number of hydrogen-bond acceptors (Lipinski definition) is 3. The topological polar surface area (TPSA) is 71.4 Å². The summed E-state index contributed by atoms with van der Waals surface area (Å²) >= 11 is 0. The number of fused-ring (bicyclic) bond motifs is 1. The molecule has 0 fully saturated rings. The lowest BCUT2D eigenvalue weighted by Gasteiger charge is -2.23. The lowest BCUT2D eigenvalue weighted by atomic mass is 10.2. The molecular formula is C15H17N3O3S. The summed E-state index contributed by atoms with van der Waals surface area (Å²) in [6.45, 7) is 3.06. The van der Waals surface area contributed by atoms with Crippen molar-refractivity contribution in [2.45, 2.75) is 18.4 Å². The lowest BCUT2D eigenvalue weighted by molar-refractivity contribution is 0.0749. The highest BCUT2D eigenvalue weighted by atomic mass is 32.2. The molecule has 1 aliphatic rings. The Morgan fingerprint density at radius 1 is 1.18 bits per heavy atom. The fraction of sp³-hybridized carbons (Fsp3) is 0.267. The van der Waals surface area contributed by atoms with Crippen molar-refractivity contribution in [3.63, 3.8) is 0 Å². The maximum Gasteiger partial charge on any atom is 0.270 e. The van der Waals surface area contributed by atoms with Gasteiger partial charge in [-0.2, -0.15) is 0 Å². The molecule has 1 aromatic heterocycles. The third-order valence-corrected chi connectivity index (χ3v) is 5.04. The SMILES string of the molecule is Cc1cccc(NS(=O)(=O)c2cc3n(c2)CCN(C)C3=O)c1. The number of carbonyl (C=O) groups is 1. The zero-order chi connectivity index (χ0) is 15.9. The van der Waals surface area contributed by atoms with E-state index in [-0.39, 0.29) is 10.8 Å². The highest BCUT2D eigenvalue weighted by Crippen LogP contribution is 2.22. The van der Waals surface area contributed by atoms with Gasteiger partial charge in [-0.1, -0.05) is 12.1 Å². The van der Waals surface area contributed by atoms with Crippen molar-refractivity contribution < 1.29 is 13.2 Å². The molecule has 2 aromatic rings. The molecule has 0 spiro atoms. The van der Waals surface area contributed by atoms with E-state index in [1.807, 2.05) is 13.0 Å². The van der Waals surface area contributed by atoms with Gasteiger partial charge in [0.25, 0.3) is 15.9 Å². The molecule has 1 amide bonds. The number of anilines is 1. The summed E-state index contributed by atoms with van der Waals surface area (Å²) in [5, 5.41) is 0. The van der Waals surface area contributed by atoms with E-state index >= 15 is 0 Å². The molecule has 0 bridgehead atoms. The zero-order valence-electron chi connectivity index (χ0n) is 12.4. The van der Waals surface area contributed by atoms with E-state index in [2.05, 4.69) is 4.72 Å². The largest absolute Gasteiger partial charge is 0.340 e. The molecule has 1 aliphatic heterocycles. The van der Waals surface area contributed by atoms with Gasteiger partial charge in [-0.05, 0) is 30.7 Å². The second kappa shape index (κ2) is 5.17. The lowest BCUT2D eigenvalue weighted by Crippen LogP contribution is -2.36. The van der Waals surface area contributed by atoms with Crippen LogP contribution in [0.5, 0.6) is 0 Å². The molecule has 0 saturated heterocycles. The summed E-state index contributed by atoms with van der Waals surface area (Å²) in [4.78, 5) is 13.7. The quantitative estimate of drug-likeness (QED) is 0.935. The summed E-state index contributed by atoms with van der Waals surface area (Å²) < 4.78 is 29.2. The van der Waals surface area contributed by atoms with Crippen LogP contribution in [-0.2, 0) is 16.6 Å². The van der Waals surface area contributed by atoms with Gasteiger partial charge >= 0.3 is 0 Å². The number of aromatic nitrogens is 1. The number of rotatable bonds is 3. The van der Waals surface area contributed by atoms with Crippen molar-refractivity contribution in [3.8, 4) is 0 Å². The number of sulfonamides is 1. The first-order valence-corrected chi connectivity index (χ1v) is 8.40. The standard InChI is InChI=1S/C15H17N3O3S/c1-11-4-3-5-12(8-11)16-22(20,21)13-9-14-15(19)17(2)6-7-18(14)10-13/h3-5,8-10,16H,6-7H2,1-2H3. The monoisotopic (exact) mass is 319 g/mol. The third kappa shape index (κ3) is 2.59. The van der Waals surface area contributed by atoms with Gasteiger partial charge < -0.3 is 9.47 Å². The van der Waals surface area contributed by atoms with Crippen LogP contribution in [0.1, 0.15) is 16.1 Å². The van der Waals surface area contributed by atoms with Crippen LogP contribution in [0, 0.1) is 6.92 Å². The summed E-state index contributed by atoms with van der Waals surface area (Å²) in [5.74, 6) is -0.164. The minimum Gasteiger partial charge on any atom is -0.340 e. The molecule has 3 rings (SSSR count). The molecule has 116 valence electrons. The number of aryl methyl sites for hydroxylation is 1. The van der Waals surface area contributed by atoms with Gasteiger partial charge in [0.05, 0.1) is 0 Å². The first kappa shape index (κ1) is 14.6. The van der Waals surface area contributed by atoms with Crippen molar-refractivity contribution in [3.05, 3.63) is 47.8 Å². The van der Waals surface area contributed by atoms with Gasteiger partial charge in [0.15, 0.2) is 0 Å². The fourth-order valence-corrected chi connectivity index (χ4v) is 3.56. The second-order valence-electron chi connectivity index (χ2n) is 5.46. The van der Waals surface area contributed by atoms with Crippen LogP contribution in [0.4, 0.5) is 5.69 Å². The van der Waals surface area contributed by atoms with Crippen LogP contribution in [0.3, 0.4) is 0 Å². The maximum atomic E-state index is 12.5. The van der Waals surface area contributed by atoms with Crippen molar-refractivity contribution in [1.29, 1.82) is 0 Å². The van der Waals surface area contributed by atoms with Crippen LogP contribution in [0.2, 0.25) is 0 Å². The number of amides is 1. The first-order chi connectivity index (χ1) is 10.4. The zero-order valence-corrected chi connectivity index (χ0v) is 13.2. The Balaban J connectivity index is 1.94. The van der Waals surface area contributed by atoms with Crippen LogP contribution < -0.4 is 4.72 Å². The number of hydrogen-bond donors (Lipinski definition) is 1. The average molecular weight is 319 g/mol. The molecule has 0 radical (unpaired) electrons. The number of nitrogens with one attached hydrogen (secondary N) is 1. The minimum atomic E-state index is -3.71.